The lowest BCUT2D eigenvalue weighted by Crippen LogP contribution is -2.46. The first-order valence-corrected chi connectivity index (χ1v) is 10.9. The van der Waals surface area contributed by atoms with Crippen molar-refractivity contribution >= 4 is 0 Å². The number of benzene rings is 1. The van der Waals surface area contributed by atoms with Crippen molar-refractivity contribution in [2.75, 3.05) is 0 Å². The number of halogens is 1. The Balaban J connectivity index is 1.34. The van der Waals surface area contributed by atoms with Gasteiger partial charge in [-0.25, -0.2) is 4.39 Å². The summed E-state index contributed by atoms with van der Waals surface area (Å²) in [5.74, 6) is 0.314. The number of nitrogens with one attached hydrogen (secondary N) is 1. The molecule has 2 aromatic heterocycles. The van der Waals surface area contributed by atoms with Crippen LogP contribution in [0.4, 0.5) is 4.39 Å². The lowest BCUT2D eigenvalue weighted by atomic mass is 9.68. The quantitative estimate of drug-likeness (QED) is 0.609. The average molecular weight is 435 g/mol. The van der Waals surface area contributed by atoms with Crippen LogP contribution in [-0.4, -0.2) is 32.6 Å². The smallest absolute Gasteiger partial charge is 0.248 e. The molecule has 7 heteroatoms. The van der Waals surface area contributed by atoms with E-state index in [4.69, 9.17) is 4.74 Å². The first-order chi connectivity index (χ1) is 15.2. The fourth-order valence-corrected chi connectivity index (χ4v) is 5.52. The molecule has 0 unspecified atom stereocenters. The Labute approximate surface area is 185 Å². The fraction of sp³-hybridized carbons (Fsp3) is 0.400. The molecule has 6 nitrogen and oxygen atoms in total. The third-order valence-corrected chi connectivity index (χ3v) is 7.11. The van der Waals surface area contributed by atoms with Gasteiger partial charge in [-0.15, -0.1) is 10.2 Å². The second-order valence-electron chi connectivity index (χ2n) is 9.83. The Hall–Kier alpha value is -3.22. The maximum Gasteiger partial charge on any atom is 0.248 e. The van der Waals surface area contributed by atoms with E-state index in [-0.39, 0.29) is 28.0 Å². The molecule has 2 aliphatic rings. The van der Waals surface area contributed by atoms with Crippen molar-refractivity contribution in [1.82, 2.24) is 15.2 Å². The molecule has 0 aliphatic heterocycles. The average Bonchev–Trinajstić information content (AvgIpc) is 3.04. The summed E-state index contributed by atoms with van der Waals surface area (Å²) in [7, 11) is 0. The molecule has 2 aliphatic carbocycles. The molecule has 2 saturated carbocycles. The summed E-state index contributed by atoms with van der Waals surface area (Å²) in [4.78, 5) is 14.1. The molecular weight excluding hydrogens is 409 g/mol. The number of rotatable bonds is 4. The van der Waals surface area contributed by atoms with E-state index in [0.717, 1.165) is 19.3 Å². The molecule has 2 N–H and O–H groups in total. The van der Waals surface area contributed by atoms with Gasteiger partial charge in [0.1, 0.15) is 18.0 Å². The van der Waals surface area contributed by atoms with Crippen LogP contribution >= 0.6 is 0 Å². The number of aromatic nitrogens is 3. The van der Waals surface area contributed by atoms with Crippen molar-refractivity contribution in [3.8, 4) is 34.0 Å². The van der Waals surface area contributed by atoms with E-state index in [0.29, 0.717) is 28.8 Å². The fourth-order valence-electron chi connectivity index (χ4n) is 5.52. The van der Waals surface area contributed by atoms with Gasteiger partial charge in [0.05, 0.1) is 5.69 Å². The van der Waals surface area contributed by atoms with Crippen molar-refractivity contribution in [3.63, 3.8) is 0 Å². The first-order valence-electron chi connectivity index (χ1n) is 10.9. The van der Waals surface area contributed by atoms with Crippen LogP contribution in [0.25, 0.3) is 22.4 Å². The zero-order chi connectivity index (χ0) is 22.5. The van der Waals surface area contributed by atoms with Crippen molar-refractivity contribution in [2.24, 2.45) is 10.8 Å². The number of fused-ring (bicyclic) bond motifs is 2. The van der Waals surface area contributed by atoms with E-state index < -0.39 is 12.3 Å². The number of alkyl halides is 1. The summed E-state index contributed by atoms with van der Waals surface area (Å²) in [6.45, 7) is 4.23. The van der Waals surface area contributed by atoms with Crippen LogP contribution in [0, 0.1) is 10.8 Å². The molecule has 0 amide bonds. The number of aromatic hydroxyl groups is 1. The van der Waals surface area contributed by atoms with Gasteiger partial charge in [-0.2, -0.15) is 0 Å². The number of aromatic amines is 1. The zero-order valence-corrected chi connectivity index (χ0v) is 18.1. The highest BCUT2D eigenvalue weighted by Crippen LogP contribution is 2.59. The van der Waals surface area contributed by atoms with Crippen LogP contribution < -0.4 is 10.3 Å². The maximum atomic E-state index is 15.2. The standard InChI is InChI=1S/C25H26FN3O3/c1-24-8-9-25(2,14-24)23(26)20(13-24)32-22-6-5-18(28-29-22)17-4-3-15(11-19(17)30)16-7-10-27-21(31)12-16/h3-7,10-12,20,23,30H,8-9,13-14H2,1-2H3,(H,27,31)/t20-,23+,24-,25-/m0/s1. The molecular formula is C25H26FN3O3. The van der Waals surface area contributed by atoms with Crippen LogP contribution in [0.2, 0.25) is 0 Å². The van der Waals surface area contributed by atoms with E-state index in [1.54, 1.807) is 36.5 Å². The van der Waals surface area contributed by atoms with Crippen molar-refractivity contribution in [3.05, 3.63) is 59.0 Å². The van der Waals surface area contributed by atoms with Crippen LogP contribution in [0.1, 0.15) is 39.5 Å². The Morgan fingerprint density at radius 1 is 1.09 bits per heavy atom. The number of pyridine rings is 1. The third-order valence-electron chi connectivity index (χ3n) is 7.11. The molecule has 32 heavy (non-hydrogen) atoms. The van der Waals surface area contributed by atoms with Gasteiger partial charge in [0.2, 0.25) is 11.4 Å². The molecule has 166 valence electrons. The van der Waals surface area contributed by atoms with Gasteiger partial charge in [0.15, 0.2) is 0 Å². The normalized spacial score (nSPS) is 29.1. The summed E-state index contributed by atoms with van der Waals surface area (Å²) in [6, 6.07) is 11.7. The summed E-state index contributed by atoms with van der Waals surface area (Å²) in [5.41, 5.74) is 1.98. The molecule has 1 aromatic carbocycles. The lowest BCUT2D eigenvalue weighted by Gasteiger charge is -2.42. The number of phenols is 1. The molecule has 0 spiro atoms. The van der Waals surface area contributed by atoms with E-state index >= 15 is 4.39 Å². The molecule has 2 fully saturated rings. The lowest BCUT2D eigenvalue weighted by molar-refractivity contribution is -0.0432. The number of H-pyrrole nitrogens is 1. The Bertz CT molecular complexity index is 1210. The van der Waals surface area contributed by atoms with Gasteiger partial charge >= 0.3 is 0 Å². The highest BCUT2D eigenvalue weighted by molar-refractivity contribution is 5.74. The van der Waals surface area contributed by atoms with Gasteiger partial charge in [0.25, 0.3) is 0 Å². The summed E-state index contributed by atoms with van der Waals surface area (Å²) < 4.78 is 21.1. The van der Waals surface area contributed by atoms with Crippen molar-refractivity contribution < 1.29 is 14.2 Å². The molecule has 5 rings (SSSR count). The van der Waals surface area contributed by atoms with Crippen molar-refractivity contribution in [2.45, 2.75) is 51.8 Å². The number of ether oxygens (including phenoxy) is 1. The third kappa shape index (κ3) is 3.66. The van der Waals surface area contributed by atoms with Gasteiger partial charge in [-0.1, -0.05) is 19.9 Å². The zero-order valence-electron chi connectivity index (χ0n) is 18.1. The molecule has 2 bridgehead atoms. The predicted molar refractivity (Wildman–Crippen MR) is 119 cm³/mol. The topological polar surface area (TPSA) is 88.1 Å². The van der Waals surface area contributed by atoms with E-state index in [2.05, 4.69) is 22.1 Å². The minimum Gasteiger partial charge on any atom is -0.507 e. The second kappa shape index (κ2) is 7.43. The highest BCUT2D eigenvalue weighted by Gasteiger charge is 2.56. The largest absolute Gasteiger partial charge is 0.507 e. The Morgan fingerprint density at radius 2 is 1.91 bits per heavy atom. The second-order valence-corrected chi connectivity index (χ2v) is 9.83. The van der Waals surface area contributed by atoms with Gasteiger partial charge < -0.3 is 14.8 Å². The van der Waals surface area contributed by atoms with E-state index in [1.165, 1.54) is 6.07 Å². The number of nitrogens with zero attached hydrogens (tertiary/aromatic N) is 2. The molecule has 4 atom stereocenters. The minimum absolute atomic E-state index is 0.0271. The Morgan fingerprint density at radius 3 is 2.62 bits per heavy atom. The molecule has 3 aromatic rings. The SMILES string of the molecule is C[C@@]12CC[C@@](C)(C1)[C@H](F)[C@@H](Oc1ccc(-c3ccc(-c4cc[nH]c(=O)c4)cc3O)nn1)C2. The number of hydrogen-bond acceptors (Lipinski definition) is 5. The maximum absolute atomic E-state index is 15.2. The summed E-state index contributed by atoms with van der Waals surface area (Å²) in [5, 5.41) is 18.9. The van der Waals surface area contributed by atoms with Crippen LogP contribution in [0.5, 0.6) is 11.6 Å². The molecule has 0 radical (unpaired) electrons. The first kappa shape index (κ1) is 20.7. The van der Waals surface area contributed by atoms with Crippen LogP contribution in [-0.2, 0) is 0 Å². The van der Waals surface area contributed by atoms with Gasteiger partial charge in [-0.3, -0.25) is 4.79 Å². The molecule has 2 heterocycles. The van der Waals surface area contributed by atoms with Crippen LogP contribution in [0.15, 0.2) is 53.5 Å². The van der Waals surface area contributed by atoms with E-state index in [1.807, 2.05) is 13.0 Å². The molecule has 0 saturated heterocycles. The summed E-state index contributed by atoms with van der Waals surface area (Å²) in [6.07, 6.45) is 3.51. The predicted octanol–water partition coefficient (Wildman–Crippen LogP) is 4.89. The van der Waals surface area contributed by atoms with Crippen molar-refractivity contribution in [1.29, 1.82) is 0 Å². The van der Waals surface area contributed by atoms with Crippen LogP contribution in [0.3, 0.4) is 0 Å². The van der Waals surface area contributed by atoms with Gasteiger partial charge in [0, 0.05) is 29.3 Å². The van der Waals surface area contributed by atoms with E-state index in [9.17, 15) is 9.90 Å². The highest BCUT2D eigenvalue weighted by atomic mass is 19.1. The minimum atomic E-state index is -1.03. The Kier molecular flexibility index (Phi) is 4.80. The van der Waals surface area contributed by atoms with Gasteiger partial charge in [-0.05, 0) is 66.5 Å². The monoisotopic (exact) mass is 435 g/mol. The summed E-state index contributed by atoms with van der Waals surface area (Å²) >= 11 is 0. The number of hydrogen-bond donors (Lipinski definition) is 2. The number of phenolic OH excluding ortho intramolecular Hbond substituents is 1.